The van der Waals surface area contributed by atoms with E-state index in [-0.39, 0.29) is 16.7 Å². The van der Waals surface area contributed by atoms with Gasteiger partial charge < -0.3 is 0 Å². The second-order valence-corrected chi connectivity index (χ2v) is 6.42. The fraction of sp³-hybridized carbons (Fsp3) is 0.462. The van der Waals surface area contributed by atoms with Crippen LogP contribution in [0.3, 0.4) is 0 Å². The number of carbonyl (C=O) groups is 1. The molecule has 1 atom stereocenters. The molecule has 0 bridgehead atoms. The quantitative estimate of drug-likeness (QED) is 0.910. The molecule has 0 spiro atoms. The van der Waals surface area contributed by atoms with Gasteiger partial charge in [0.15, 0.2) is 0 Å². The smallest absolute Gasteiger partial charge is 0.264 e. The molecule has 18 heavy (non-hydrogen) atoms. The molecule has 1 unspecified atom stereocenters. The monoisotopic (exact) mass is 269 g/mol. The van der Waals surface area contributed by atoms with Crippen LogP contribution in [0.4, 0.5) is 0 Å². The molecule has 0 aliphatic rings. The Morgan fingerprint density at radius 1 is 1.17 bits per heavy atom. The maximum atomic E-state index is 12.1. The van der Waals surface area contributed by atoms with Crippen LogP contribution in [0.25, 0.3) is 0 Å². The van der Waals surface area contributed by atoms with E-state index in [0.29, 0.717) is 5.56 Å². The van der Waals surface area contributed by atoms with E-state index in [9.17, 15) is 13.2 Å². The molecular weight excluding hydrogens is 250 g/mol. The summed E-state index contributed by atoms with van der Waals surface area (Å²) < 4.78 is 26.2. The summed E-state index contributed by atoms with van der Waals surface area (Å²) in [5.74, 6) is -0.714. The minimum atomic E-state index is -3.77. The summed E-state index contributed by atoms with van der Waals surface area (Å²) in [5, 5.41) is 0. The molecule has 1 aromatic carbocycles. The van der Waals surface area contributed by atoms with Crippen molar-refractivity contribution in [2.75, 3.05) is 0 Å². The van der Waals surface area contributed by atoms with Crippen LogP contribution in [0.15, 0.2) is 29.2 Å². The standard InChI is InChI=1S/C13H19NO3S/c1-9(2)11(4)13(15)14-18(16,17)12-8-6-5-7-10(12)3/h5-9,11H,1-4H3,(H,14,15). The van der Waals surface area contributed by atoms with Gasteiger partial charge in [0.2, 0.25) is 5.91 Å². The normalized spacial score (nSPS) is 13.4. The molecule has 0 fully saturated rings. The lowest BCUT2D eigenvalue weighted by atomic mass is 9.98. The van der Waals surface area contributed by atoms with Gasteiger partial charge in [0.25, 0.3) is 10.0 Å². The predicted octanol–water partition coefficient (Wildman–Crippen LogP) is 2.09. The number of carbonyl (C=O) groups excluding carboxylic acids is 1. The van der Waals surface area contributed by atoms with Crippen LogP contribution in [0.5, 0.6) is 0 Å². The average molecular weight is 269 g/mol. The molecule has 0 radical (unpaired) electrons. The number of hydrogen-bond donors (Lipinski definition) is 1. The van der Waals surface area contributed by atoms with E-state index in [2.05, 4.69) is 4.72 Å². The van der Waals surface area contributed by atoms with Crippen molar-refractivity contribution in [2.24, 2.45) is 11.8 Å². The lowest BCUT2D eigenvalue weighted by Crippen LogP contribution is -2.36. The van der Waals surface area contributed by atoms with Crippen LogP contribution < -0.4 is 4.72 Å². The van der Waals surface area contributed by atoms with Gasteiger partial charge >= 0.3 is 0 Å². The second-order valence-electron chi connectivity index (χ2n) is 4.77. The summed E-state index contributed by atoms with van der Waals surface area (Å²) in [6.45, 7) is 7.17. The number of rotatable bonds is 4. The van der Waals surface area contributed by atoms with Crippen LogP contribution in [0.1, 0.15) is 26.3 Å². The fourth-order valence-corrected chi connectivity index (χ4v) is 2.75. The zero-order valence-corrected chi connectivity index (χ0v) is 11.9. The molecule has 1 amide bonds. The zero-order valence-electron chi connectivity index (χ0n) is 11.1. The predicted molar refractivity (Wildman–Crippen MR) is 70.5 cm³/mol. The van der Waals surface area contributed by atoms with Gasteiger partial charge in [-0.2, -0.15) is 0 Å². The lowest BCUT2D eigenvalue weighted by Gasteiger charge is -2.16. The number of sulfonamides is 1. The van der Waals surface area contributed by atoms with Gasteiger partial charge in [-0.15, -0.1) is 0 Å². The lowest BCUT2D eigenvalue weighted by molar-refractivity contribution is -0.123. The van der Waals surface area contributed by atoms with Gasteiger partial charge in [-0.1, -0.05) is 39.0 Å². The first-order chi connectivity index (χ1) is 8.25. The first-order valence-electron chi connectivity index (χ1n) is 5.88. The minimum absolute atomic E-state index is 0.0945. The van der Waals surface area contributed by atoms with Crippen molar-refractivity contribution in [1.82, 2.24) is 4.72 Å². The Kier molecular flexibility index (Phi) is 4.51. The summed E-state index contributed by atoms with van der Waals surface area (Å²) >= 11 is 0. The molecule has 4 nitrogen and oxygen atoms in total. The van der Waals surface area contributed by atoms with Crippen molar-refractivity contribution >= 4 is 15.9 Å². The number of aryl methyl sites for hydroxylation is 1. The first-order valence-corrected chi connectivity index (χ1v) is 7.36. The third-order valence-electron chi connectivity index (χ3n) is 3.03. The number of amides is 1. The fourth-order valence-electron chi connectivity index (χ4n) is 1.44. The Balaban J connectivity index is 2.97. The van der Waals surface area contributed by atoms with Crippen LogP contribution >= 0.6 is 0 Å². The van der Waals surface area contributed by atoms with Crippen molar-refractivity contribution in [3.05, 3.63) is 29.8 Å². The molecule has 0 aromatic heterocycles. The maximum absolute atomic E-state index is 12.1. The van der Waals surface area contributed by atoms with E-state index in [1.165, 1.54) is 6.07 Å². The van der Waals surface area contributed by atoms with E-state index in [1.807, 2.05) is 13.8 Å². The summed E-state index contributed by atoms with van der Waals surface area (Å²) in [6.07, 6.45) is 0. The zero-order chi connectivity index (χ0) is 13.9. The Labute approximate surface area is 108 Å². The first kappa shape index (κ1) is 14.7. The molecular formula is C13H19NO3S. The Hall–Kier alpha value is -1.36. The van der Waals surface area contributed by atoms with Crippen LogP contribution in [0, 0.1) is 18.8 Å². The highest BCUT2D eigenvalue weighted by Gasteiger charge is 2.24. The molecule has 1 N–H and O–H groups in total. The molecule has 0 aliphatic carbocycles. The number of hydrogen-bond acceptors (Lipinski definition) is 3. The Bertz CT molecular complexity index is 535. The second kappa shape index (κ2) is 5.52. The Morgan fingerprint density at radius 2 is 1.72 bits per heavy atom. The van der Waals surface area contributed by atoms with Gasteiger partial charge in [0.05, 0.1) is 4.90 Å². The number of nitrogens with one attached hydrogen (secondary N) is 1. The van der Waals surface area contributed by atoms with Crippen LogP contribution in [-0.4, -0.2) is 14.3 Å². The summed E-state index contributed by atoms with van der Waals surface area (Å²) in [5.41, 5.74) is 0.620. The topological polar surface area (TPSA) is 63.2 Å². The summed E-state index contributed by atoms with van der Waals surface area (Å²) in [7, 11) is -3.77. The van der Waals surface area contributed by atoms with Gasteiger partial charge in [-0.05, 0) is 24.5 Å². The van der Waals surface area contributed by atoms with Gasteiger partial charge in [0, 0.05) is 5.92 Å². The highest BCUT2D eigenvalue weighted by atomic mass is 32.2. The van der Waals surface area contributed by atoms with E-state index in [1.54, 1.807) is 32.0 Å². The van der Waals surface area contributed by atoms with Gasteiger partial charge in [-0.3, -0.25) is 4.79 Å². The maximum Gasteiger partial charge on any atom is 0.264 e. The molecule has 0 aliphatic heterocycles. The van der Waals surface area contributed by atoms with E-state index in [4.69, 9.17) is 0 Å². The van der Waals surface area contributed by atoms with Crippen molar-refractivity contribution in [3.63, 3.8) is 0 Å². The molecule has 1 rings (SSSR count). The molecule has 5 heteroatoms. The molecule has 1 aromatic rings. The summed E-state index contributed by atoms with van der Waals surface area (Å²) in [4.78, 5) is 11.9. The molecule has 0 saturated heterocycles. The largest absolute Gasteiger partial charge is 0.274 e. The van der Waals surface area contributed by atoms with Crippen LogP contribution in [0.2, 0.25) is 0 Å². The molecule has 0 saturated carbocycles. The Morgan fingerprint density at radius 3 is 2.22 bits per heavy atom. The number of benzene rings is 1. The minimum Gasteiger partial charge on any atom is -0.274 e. The molecule has 0 heterocycles. The van der Waals surface area contributed by atoms with E-state index < -0.39 is 15.9 Å². The average Bonchev–Trinajstić information content (AvgIpc) is 2.27. The van der Waals surface area contributed by atoms with Gasteiger partial charge in [0.1, 0.15) is 0 Å². The third kappa shape index (κ3) is 3.32. The van der Waals surface area contributed by atoms with Gasteiger partial charge in [-0.25, -0.2) is 13.1 Å². The molecule has 100 valence electrons. The van der Waals surface area contributed by atoms with Crippen molar-refractivity contribution < 1.29 is 13.2 Å². The third-order valence-corrected chi connectivity index (χ3v) is 4.54. The highest BCUT2D eigenvalue weighted by molar-refractivity contribution is 7.90. The van der Waals surface area contributed by atoms with E-state index in [0.717, 1.165) is 0 Å². The SMILES string of the molecule is Cc1ccccc1S(=O)(=O)NC(=O)C(C)C(C)C. The van der Waals surface area contributed by atoms with Crippen molar-refractivity contribution in [2.45, 2.75) is 32.6 Å². The highest BCUT2D eigenvalue weighted by Crippen LogP contribution is 2.16. The van der Waals surface area contributed by atoms with Crippen molar-refractivity contribution in [1.29, 1.82) is 0 Å². The summed E-state index contributed by atoms with van der Waals surface area (Å²) in [6, 6.07) is 6.58. The van der Waals surface area contributed by atoms with Crippen molar-refractivity contribution in [3.8, 4) is 0 Å². The van der Waals surface area contributed by atoms with E-state index >= 15 is 0 Å². The van der Waals surface area contributed by atoms with Crippen LogP contribution in [-0.2, 0) is 14.8 Å².